The number of carbonyl (C=O) groups is 1. The average Bonchev–Trinajstić information content (AvgIpc) is 3.06. The van der Waals surface area contributed by atoms with Crippen molar-refractivity contribution in [1.29, 1.82) is 0 Å². The van der Waals surface area contributed by atoms with Gasteiger partial charge >= 0.3 is 5.97 Å². The van der Waals surface area contributed by atoms with Crippen LogP contribution in [-0.2, 0) is 20.9 Å². The Bertz CT molecular complexity index is 749. The molecule has 0 aromatic heterocycles. The van der Waals surface area contributed by atoms with Crippen molar-refractivity contribution in [1.82, 2.24) is 0 Å². The zero-order chi connectivity index (χ0) is 16.2. The molecular formula is C17H13ClFNO3. The summed E-state index contributed by atoms with van der Waals surface area (Å²) in [6.07, 6.45) is 0. The molecule has 0 N–H and O–H groups in total. The van der Waals surface area contributed by atoms with Gasteiger partial charge in [0.25, 0.3) is 0 Å². The molecule has 0 bridgehead atoms. The summed E-state index contributed by atoms with van der Waals surface area (Å²) in [6.45, 7) is 0.254. The van der Waals surface area contributed by atoms with Gasteiger partial charge in [-0.1, -0.05) is 41.9 Å². The Labute approximate surface area is 137 Å². The number of hydrogen-bond acceptors (Lipinski definition) is 4. The van der Waals surface area contributed by atoms with Crippen LogP contribution in [0.3, 0.4) is 0 Å². The normalized spacial score (nSPS) is 16.6. The van der Waals surface area contributed by atoms with Crippen molar-refractivity contribution in [3.05, 3.63) is 70.5 Å². The molecule has 0 unspecified atom stereocenters. The van der Waals surface area contributed by atoms with Gasteiger partial charge in [-0.25, -0.2) is 14.2 Å². The van der Waals surface area contributed by atoms with Crippen LogP contribution in [0.1, 0.15) is 11.1 Å². The summed E-state index contributed by atoms with van der Waals surface area (Å²) in [4.78, 5) is 16.2. The van der Waals surface area contributed by atoms with Crippen molar-refractivity contribution in [3.63, 3.8) is 0 Å². The van der Waals surface area contributed by atoms with Crippen LogP contribution < -0.4 is 0 Å². The quantitative estimate of drug-likeness (QED) is 0.806. The second kappa shape index (κ2) is 6.79. The second-order valence-corrected chi connectivity index (χ2v) is 5.39. The summed E-state index contributed by atoms with van der Waals surface area (Å²) in [5.74, 6) is -0.828. The third-order valence-corrected chi connectivity index (χ3v) is 3.62. The fourth-order valence-corrected chi connectivity index (χ4v) is 2.22. The Kier molecular flexibility index (Phi) is 4.57. The highest BCUT2D eigenvalue weighted by atomic mass is 35.5. The molecular weight excluding hydrogens is 321 g/mol. The van der Waals surface area contributed by atoms with E-state index in [2.05, 4.69) is 4.99 Å². The molecule has 0 spiro atoms. The highest BCUT2D eigenvalue weighted by molar-refractivity contribution is 6.30. The lowest BCUT2D eigenvalue weighted by Gasteiger charge is -2.06. The zero-order valence-electron chi connectivity index (χ0n) is 12.0. The van der Waals surface area contributed by atoms with Gasteiger partial charge in [0.05, 0.1) is 5.02 Å². The van der Waals surface area contributed by atoms with Crippen LogP contribution in [0.5, 0.6) is 0 Å². The Morgan fingerprint density at radius 2 is 2.09 bits per heavy atom. The number of carbonyl (C=O) groups excluding carboxylic acids is 1. The monoisotopic (exact) mass is 333 g/mol. The first-order valence-electron chi connectivity index (χ1n) is 7.00. The first-order valence-corrected chi connectivity index (χ1v) is 7.38. The summed E-state index contributed by atoms with van der Waals surface area (Å²) in [5, 5.41) is 0.0196. The summed E-state index contributed by atoms with van der Waals surface area (Å²) in [5.41, 5.74) is 1.33. The summed E-state index contributed by atoms with van der Waals surface area (Å²) >= 11 is 5.64. The Balaban J connectivity index is 1.64. The van der Waals surface area contributed by atoms with Crippen molar-refractivity contribution < 1.29 is 18.7 Å². The predicted octanol–water partition coefficient (Wildman–Crippen LogP) is 3.37. The van der Waals surface area contributed by atoms with Gasteiger partial charge in [0.1, 0.15) is 19.0 Å². The van der Waals surface area contributed by atoms with Crippen molar-refractivity contribution in [2.45, 2.75) is 12.6 Å². The van der Waals surface area contributed by atoms with Crippen LogP contribution in [0.25, 0.3) is 0 Å². The minimum Gasteiger partial charge on any atom is -0.475 e. The molecule has 1 aliphatic heterocycles. The van der Waals surface area contributed by atoms with E-state index in [1.807, 2.05) is 30.3 Å². The number of rotatable bonds is 4. The maximum atomic E-state index is 13.5. The molecule has 1 heterocycles. The van der Waals surface area contributed by atoms with Gasteiger partial charge < -0.3 is 9.47 Å². The Hall–Kier alpha value is -2.40. The van der Waals surface area contributed by atoms with Gasteiger partial charge in [-0.3, -0.25) is 0 Å². The number of esters is 1. The number of ether oxygens (including phenoxy) is 2. The summed E-state index contributed by atoms with van der Waals surface area (Å²) in [6, 6.07) is 12.8. The minimum absolute atomic E-state index is 0.0196. The number of halogens is 2. The average molecular weight is 334 g/mol. The molecule has 0 radical (unpaired) electrons. The third-order valence-electron chi connectivity index (χ3n) is 3.31. The largest absolute Gasteiger partial charge is 0.475 e. The van der Waals surface area contributed by atoms with Crippen LogP contribution in [0.4, 0.5) is 4.39 Å². The second-order valence-electron chi connectivity index (χ2n) is 4.98. The molecule has 6 heteroatoms. The van der Waals surface area contributed by atoms with Gasteiger partial charge in [-0.15, -0.1) is 0 Å². The van der Waals surface area contributed by atoms with E-state index in [0.717, 1.165) is 5.56 Å². The molecule has 118 valence electrons. The summed E-state index contributed by atoms with van der Waals surface area (Å²) in [7, 11) is 0. The lowest BCUT2D eigenvalue weighted by molar-refractivity contribution is -0.146. The van der Waals surface area contributed by atoms with Gasteiger partial charge in [0, 0.05) is 5.56 Å². The van der Waals surface area contributed by atoms with Crippen LogP contribution in [0, 0.1) is 5.82 Å². The van der Waals surface area contributed by atoms with E-state index in [-0.39, 0.29) is 24.1 Å². The molecule has 23 heavy (non-hydrogen) atoms. The fourth-order valence-electron chi connectivity index (χ4n) is 2.11. The maximum absolute atomic E-state index is 13.5. The Morgan fingerprint density at radius 3 is 2.83 bits per heavy atom. The van der Waals surface area contributed by atoms with E-state index in [0.29, 0.717) is 5.56 Å². The number of nitrogens with zero attached hydrogens (tertiary/aromatic N) is 1. The number of hydrogen-bond donors (Lipinski definition) is 0. The first kappa shape index (κ1) is 15.5. The van der Waals surface area contributed by atoms with Gasteiger partial charge in [-0.05, 0) is 23.8 Å². The fraction of sp³-hybridized carbons (Fsp3) is 0.176. The van der Waals surface area contributed by atoms with E-state index in [4.69, 9.17) is 21.1 Å². The van der Waals surface area contributed by atoms with Crippen molar-refractivity contribution in [2.75, 3.05) is 6.61 Å². The minimum atomic E-state index is -0.743. The smallest absolute Gasteiger partial charge is 0.334 e. The molecule has 0 fully saturated rings. The molecule has 0 aliphatic carbocycles. The molecule has 1 atom stereocenters. The van der Waals surface area contributed by atoms with Crippen LogP contribution >= 0.6 is 11.6 Å². The van der Waals surface area contributed by atoms with Gasteiger partial charge in [0.15, 0.2) is 6.04 Å². The Morgan fingerprint density at radius 1 is 1.30 bits per heavy atom. The molecule has 3 rings (SSSR count). The predicted molar refractivity (Wildman–Crippen MR) is 83.9 cm³/mol. The summed E-state index contributed by atoms with van der Waals surface area (Å²) < 4.78 is 24.0. The standard InChI is InChI=1S/C17H13ClFNO3/c18-13-7-6-12(8-14(13)19)16-20-15(10-22-16)17(21)23-9-11-4-2-1-3-5-11/h1-8,15H,9-10H2/t15-/m0/s1. The SMILES string of the molecule is O=C(OCc1ccccc1)[C@@H]1COC(c2ccc(Cl)c(F)c2)=N1. The van der Waals surface area contributed by atoms with Crippen molar-refractivity contribution >= 4 is 23.5 Å². The number of benzene rings is 2. The lowest BCUT2D eigenvalue weighted by Crippen LogP contribution is -2.22. The third kappa shape index (κ3) is 3.68. The zero-order valence-corrected chi connectivity index (χ0v) is 12.8. The van der Waals surface area contributed by atoms with E-state index < -0.39 is 17.8 Å². The first-order chi connectivity index (χ1) is 11.1. The lowest BCUT2D eigenvalue weighted by atomic mass is 10.2. The van der Waals surface area contributed by atoms with Gasteiger partial charge in [0.2, 0.25) is 5.90 Å². The van der Waals surface area contributed by atoms with Crippen molar-refractivity contribution in [3.8, 4) is 0 Å². The molecule has 0 saturated carbocycles. The molecule has 4 nitrogen and oxygen atoms in total. The van der Waals surface area contributed by atoms with E-state index in [1.165, 1.54) is 12.1 Å². The number of aliphatic imine (C=N–C) groups is 1. The van der Waals surface area contributed by atoms with Crippen LogP contribution in [0.15, 0.2) is 53.5 Å². The molecule has 0 saturated heterocycles. The molecule has 2 aromatic carbocycles. The van der Waals surface area contributed by atoms with E-state index >= 15 is 0 Å². The molecule has 1 aliphatic rings. The van der Waals surface area contributed by atoms with Crippen LogP contribution in [-0.4, -0.2) is 24.5 Å². The van der Waals surface area contributed by atoms with E-state index in [9.17, 15) is 9.18 Å². The van der Waals surface area contributed by atoms with Crippen LogP contribution in [0.2, 0.25) is 5.02 Å². The topological polar surface area (TPSA) is 47.9 Å². The maximum Gasteiger partial charge on any atom is 0.334 e. The highest BCUT2D eigenvalue weighted by Crippen LogP contribution is 2.19. The highest BCUT2D eigenvalue weighted by Gasteiger charge is 2.28. The molecule has 2 aromatic rings. The molecule has 0 amide bonds. The van der Waals surface area contributed by atoms with Gasteiger partial charge in [-0.2, -0.15) is 0 Å². The van der Waals surface area contributed by atoms with E-state index in [1.54, 1.807) is 6.07 Å². The van der Waals surface area contributed by atoms with Crippen molar-refractivity contribution in [2.24, 2.45) is 4.99 Å².